The Morgan fingerprint density at radius 2 is 1.74 bits per heavy atom. The monoisotopic (exact) mass is 605 g/mol. The first kappa shape index (κ1) is 31.4. The van der Waals surface area contributed by atoms with Gasteiger partial charge in [0.05, 0.1) is 21.7 Å². The van der Waals surface area contributed by atoms with Crippen LogP contribution in [0.2, 0.25) is 0 Å². The predicted molar refractivity (Wildman–Crippen MR) is 172 cm³/mol. The number of nitrogens with zero attached hydrogens (tertiary/aromatic N) is 3. The summed E-state index contributed by atoms with van der Waals surface area (Å²) in [6.07, 6.45) is 4.21. The topological polar surface area (TPSA) is 75.4 Å². The van der Waals surface area contributed by atoms with Gasteiger partial charge in [-0.15, -0.1) is 0 Å². The summed E-state index contributed by atoms with van der Waals surface area (Å²) in [5.41, 5.74) is 4.05. The van der Waals surface area contributed by atoms with Crippen molar-refractivity contribution < 1.29 is 17.9 Å². The molecule has 43 heavy (non-hydrogen) atoms. The molecule has 0 spiro atoms. The van der Waals surface area contributed by atoms with Crippen molar-refractivity contribution >= 4 is 20.7 Å². The number of pyridine rings is 1. The van der Waals surface area contributed by atoms with Gasteiger partial charge in [-0.2, -0.15) is 0 Å². The van der Waals surface area contributed by atoms with Crippen LogP contribution in [0.5, 0.6) is 0 Å². The second-order valence-corrected chi connectivity index (χ2v) is 14.9. The Labute approximate surface area is 255 Å². The van der Waals surface area contributed by atoms with Crippen molar-refractivity contribution in [3.8, 4) is 22.5 Å². The molecule has 0 bridgehead atoms. The lowest BCUT2D eigenvalue weighted by molar-refractivity contribution is -0.0820. The SMILES string of the molecule is CCCC1CC(O)(c2ccc(-c3cc4c(cc(-c5ccc(S(C)(=O)=O)cc5)n4C)c(C)n3)cc2F)CC(C)N1CC(C)C. The highest BCUT2D eigenvalue weighted by Gasteiger charge is 2.44. The van der Waals surface area contributed by atoms with Crippen LogP contribution < -0.4 is 0 Å². The van der Waals surface area contributed by atoms with Crippen molar-refractivity contribution in [2.75, 3.05) is 12.8 Å². The Balaban J connectivity index is 1.48. The standard InChI is InChI=1S/C35H44FN3O3S/c1-8-9-27-20-35(40,19-23(4)39(27)21-22(2)3)30-15-12-26(16-31(30)36)32-18-34-29(24(5)37-32)17-33(38(34)6)25-10-13-28(14-11-25)43(7,41)42/h10-18,22-23,27,40H,8-9,19-21H2,1-7H3. The molecule has 3 atom stereocenters. The molecular weight excluding hydrogens is 561 g/mol. The largest absolute Gasteiger partial charge is 0.385 e. The summed E-state index contributed by atoms with van der Waals surface area (Å²) in [5, 5.41) is 12.9. The van der Waals surface area contributed by atoms with Crippen LogP contribution in [-0.2, 0) is 22.5 Å². The Kier molecular flexibility index (Phi) is 8.60. The second kappa shape index (κ2) is 11.8. The molecule has 2 aromatic heterocycles. The van der Waals surface area contributed by atoms with Crippen LogP contribution in [0, 0.1) is 18.7 Å². The maximum absolute atomic E-state index is 15.9. The van der Waals surface area contributed by atoms with E-state index in [1.807, 2.05) is 38.2 Å². The Bertz CT molecular complexity index is 1750. The van der Waals surface area contributed by atoms with E-state index in [0.717, 1.165) is 47.2 Å². The molecule has 3 heterocycles. The molecule has 0 saturated carbocycles. The van der Waals surface area contributed by atoms with Gasteiger partial charge in [0.2, 0.25) is 0 Å². The zero-order valence-electron chi connectivity index (χ0n) is 26.4. The molecule has 5 rings (SSSR count). The van der Waals surface area contributed by atoms with Gasteiger partial charge in [0, 0.05) is 59.8 Å². The normalized spacial score (nSPS) is 21.6. The average molecular weight is 606 g/mol. The van der Waals surface area contributed by atoms with Crippen LogP contribution in [0.3, 0.4) is 0 Å². The van der Waals surface area contributed by atoms with Crippen LogP contribution >= 0.6 is 0 Å². The maximum atomic E-state index is 15.9. The van der Waals surface area contributed by atoms with Crippen molar-refractivity contribution in [3.05, 3.63) is 71.7 Å². The van der Waals surface area contributed by atoms with Crippen molar-refractivity contribution in [2.24, 2.45) is 13.0 Å². The van der Waals surface area contributed by atoms with Crippen LogP contribution in [-0.4, -0.2) is 52.9 Å². The number of aryl methyl sites for hydroxylation is 2. The molecule has 0 amide bonds. The van der Waals surface area contributed by atoms with E-state index in [-0.39, 0.29) is 17.0 Å². The summed E-state index contributed by atoms with van der Waals surface area (Å²) < 4.78 is 41.8. The minimum Gasteiger partial charge on any atom is -0.385 e. The molecule has 4 aromatic rings. The van der Waals surface area contributed by atoms with E-state index in [9.17, 15) is 13.5 Å². The number of halogens is 1. The van der Waals surface area contributed by atoms with Crippen LogP contribution in [0.25, 0.3) is 33.4 Å². The summed E-state index contributed by atoms with van der Waals surface area (Å²) >= 11 is 0. The van der Waals surface area contributed by atoms with Crippen LogP contribution in [0.4, 0.5) is 4.39 Å². The first-order valence-electron chi connectivity index (χ1n) is 15.3. The summed E-state index contributed by atoms with van der Waals surface area (Å²) in [6.45, 7) is 11.7. The molecule has 2 aromatic carbocycles. The number of rotatable bonds is 8. The quantitative estimate of drug-likeness (QED) is 0.229. The number of aromatic nitrogens is 2. The van der Waals surface area contributed by atoms with Crippen molar-refractivity contribution in [3.63, 3.8) is 0 Å². The molecule has 230 valence electrons. The van der Waals surface area contributed by atoms with Gasteiger partial charge in [0.15, 0.2) is 9.84 Å². The van der Waals surface area contributed by atoms with Crippen LogP contribution in [0.1, 0.15) is 64.6 Å². The molecular formula is C35H44FN3O3S. The van der Waals surface area contributed by atoms with E-state index in [4.69, 9.17) is 4.98 Å². The number of likely N-dealkylation sites (tertiary alicyclic amines) is 1. The smallest absolute Gasteiger partial charge is 0.175 e. The van der Waals surface area contributed by atoms with Crippen molar-refractivity contribution in [1.29, 1.82) is 0 Å². The van der Waals surface area contributed by atoms with Gasteiger partial charge in [0.1, 0.15) is 5.82 Å². The molecule has 0 radical (unpaired) electrons. The van der Waals surface area contributed by atoms with E-state index in [2.05, 4.69) is 43.2 Å². The number of benzene rings is 2. The number of hydrogen-bond acceptors (Lipinski definition) is 5. The Morgan fingerprint density at radius 1 is 1.07 bits per heavy atom. The molecule has 6 nitrogen and oxygen atoms in total. The lowest BCUT2D eigenvalue weighted by Crippen LogP contribution is -2.54. The fourth-order valence-corrected chi connectivity index (χ4v) is 7.59. The van der Waals surface area contributed by atoms with E-state index < -0.39 is 21.3 Å². The fourth-order valence-electron chi connectivity index (χ4n) is 6.96. The maximum Gasteiger partial charge on any atom is 0.175 e. The lowest BCUT2D eigenvalue weighted by Gasteiger charge is -2.49. The number of sulfone groups is 1. The first-order chi connectivity index (χ1) is 20.2. The van der Waals surface area contributed by atoms with E-state index in [0.29, 0.717) is 35.6 Å². The van der Waals surface area contributed by atoms with E-state index in [1.54, 1.807) is 18.2 Å². The number of piperidine rings is 1. The fraction of sp³-hybridized carbons (Fsp3) is 0.457. The molecule has 1 fully saturated rings. The highest BCUT2D eigenvalue weighted by atomic mass is 32.2. The molecule has 1 aliphatic rings. The zero-order chi connectivity index (χ0) is 31.3. The number of fused-ring (bicyclic) bond motifs is 1. The van der Waals surface area contributed by atoms with Crippen LogP contribution in [0.15, 0.2) is 59.5 Å². The average Bonchev–Trinajstić information content (AvgIpc) is 3.27. The van der Waals surface area contributed by atoms with Crippen molar-refractivity contribution in [2.45, 2.75) is 82.9 Å². The third-order valence-corrected chi connectivity index (χ3v) is 10.1. The third kappa shape index (κ3) is 6.15. The molecule has 1 aliphatic heterocycles. The van der Waals surface area contributed by atoms with E-state index >= 15 is 4.39 Å². The molecule has 8 heteroatoms. The van der Waals surface area contributed by atoms with Gasteiger partial charge >= 0.3 is 0 Å². The van der Waals surface area contributed by atoms with E-state index in [1.165, 1.54) is 12.3 Å². The number of aliphatic hydroxyl groups is 1. The first-order valence-corrected chi connectivity index (χ1v) is 17.2. The second-order valence-electron chi connectivity index (χ2n) is 12.9. The minimum absolute atomic E-state index is 0.151. The van der Waals surface area contributed by atoms with Gasteiger partial charge in [-0.3, -0.25) is 9.88 Å². The van der Waals surface area contributed by atoms with Gasteiger partial charge in [-0.05, 0) is 74.9 Å². The van der Waals surface area contributed by atoms with Crippen molar-refractivity contribution in [1.82, 2.24) is 14.5 Å². The minimum atomic E-state index is -3.28. The van der Waals surface area contributed by atoms with Gasteiger partial charge in [-0.1, -0.05) is 51.5 Å². The molecule has 1 N–H and O–H groups in total. The Hall–Kier alpha value is -3.07. The highest BCUT2D eigenvalue weighted by molar-refractivity contribution is 7.90. The summed E-state index contributed by atoms with van der Waals surface area (Å²) in [6, 6.07) is 16.4. The number of hydrogen-bond donors (Lipinski definition) is 1. The lowest BCUT2D eigenvalue weighted by atomic mass is 9.76. The summed E-state index contributed by atoms with van der Waals surface area (Å²) in [7, 11) is -1.32. The molecule has 1 saturated heterocycles. The summed E-state index contributed by atoms with van der Waals surface area (Å²) in [4.78, 5) is 7.61. The predicted octanol–water partition coefficient (Wildman–Crippen LogP) is 7.25. The van der Waals surface area contributed by atoms with Gasteiger partial charge in [0.25, 0.3) is 0 Å². The third-order valence-electron chi connectivity index (χ3n) is 9.01. The van der Waals surface area contributed by atoms with Gasteiger partial charge in [-0.25, -0.2) is 12.8 Å². The summed E-state index contributed by atoms with van der Waals surface area (Å²) in [5.74, 6) is 0.121. The molecule has 0 aliphatic carbocycles. The zero-order valence-corrected chi connectivity index (χ0v) is 27.2. The molecule has 3 unspecified atom stereocenters. The Morgan fingerprint density at radius 3 is 2.35 bits per heavy atom. The highest BCUT2D eigenvalue weighted by Crippen LogP contribution is 2.42. The van der Waals surface area contributed by atoms with Gasteiger partial charge < -0.3 is 9.67 Å².